The fourth-order valence-electron chi connectivity index (χ4n) is 5.00. The van der Waals surface area contributed by atoms with Crippen molar-refractivity contribution < 1.29 is 22.7 Å². The Kier molecular flexibility index (Phi) is 9.78. The molecule has 0 aliphatic heterocycles. The summed E-state index contributed by atoms with van der Waals surface area (Å²) in [4.78, 5) is 27.9. The summed E-state index contributed by atoms with van der Waals surface area (Å²) >= 11 is 0.968. The standard InChI is InChI=1S/C36H35N5O6S2/c1-36(2,3)33(42)28(21-37)35-41(26-14-11-15-27(20-26)49(44,45)39(4)5)34(43)31(48-35)19-24-22-40(25-12-9-8-10-13-25)38-32(24)23-16-17-29(46-6)30(18-23)47-7/h8-20,22H,1-7H3. The Morgan fingerprint density at radius 1 is 0.959 bits per heavy atom. The Hall–Kier alpha value is -5.29. The number of methoxy groups -OCH3 is 2. The van der Waals surface area contributed by atoms with Crippen molar-refractivity contribution >= 4 is 38.8 Å². The van der Waals surface area contributed by atoms with Crippen LogP contribution in [0.5, 0.6) is 11.5 Å². The first-order valence-corrected chi connectivity index (χ1v) is 17.3. The van der Waals surface area contributed by atoms with Crippen LogP contribution in [0.4, 0.5) is 0 Å². The van der Waals surface area contributed by atoms with Crippen molar-refractivity contribution in [2.45, 2.75) is 25.7 Å². The number of carbonyl (C=O) groups is 1. The van der Waals surface area contributed by atoms with Gasteiger partial charge >= 0.3 is 0 Å². The molecule has 0 atom stereocenters. The highest BCUT2D eigenvalue weighted by molar-refractivity contribution is 7.89. The third-order valence-corrected chi connectivity index (χ3v) is 10.5. The third kappa shape index (κ3) is 6.84. The molecule has 0 bridgehead atoms. The first-order valence-electron chi connectivity index (χ1n) is 15.0. The molecule has 0 saturated heterocycles. The molecule has 0 aliphatic rings. The maximum Gasteiger partial charge on any atom is 0.273 e. The summed E-state index contributed by atoms with van der Waals surface area (Å²) in [6, 6.07) is 22.7. The summed E-state index contributed by atoms with van der Waals surface area (Å²) in [6.07, 6.45) is 3.44. The number of nitrogens with zero attached hydrogens (tertiary/aromatic N) is 5. The highest BCUT2D eigenvalue weighted by Gasteiger charge is 2.28. The molecule has 5 rings (SSSR count). The summed E-state index contributed by atoms with van der Waals surface area (Å²) in [6.45, 7) is 5.06. The minimum atomic E-state index is -3.87. The second-order valence-electron chi connectivity index (χ2n) is 12.2. The van der Waals surface area contributed by atoms with Crippen LogP contribution >= 0.6 is 11.3 Å². The van der Waals surface area contributed by atoms with Crippen molar-refractivity contribution in [1.29, 1.82) is 5.26 Å². The van der Waals surface area contributed by atoms with Crippen molar-refractivity contribution in [3.8, 4) is 40.2 Å². The lowest BCUT2D eigenvalue weighted by Crippen LogP contribution is -2.33. The van der Waals surface area contributed by atoms with E-state index >= 15 is 0 Å². The van der Waals surface area contributed by atoms with E-state index in [0.29, 0.717) is 28.3 Å². The zero-order chi connectivity index (χ0) is 35.7. The number of para-hydroxylation sites is 1. The Balaban J connectivity index is 1.87. The normalized spacial score (nSPS) is 12.9. The quantitative estimate of drug-likeness (QED) is 0.224. The molecule has 0 radical (unpaired) electrons. The van der Waals surface area contributed by atoms with E-state index in [2.05, 4.69) is 0 Å². The average Bonchev–Trinajstić information content (AvgIpc) is 3.65. The van der Waals surface area contributed by atoms with Gasteiger partial charge in [-0.3, -0.25) is 14.2 Å². The first kappa shape index (κ1) is 35.0. The lowest BCUT2D eigenvalue weighted by molar-refractivity contribution is -0.120. The van der Waals surface area contributed by atoms with Gasteiger partial charge in [-0.1, -0.05) is 45.0 Å². The maximum atomic E-state index is 14.4. The van der Waals surface area contributed by atoms with Crippen LogP contribution in [-0.2, 0) is 14.8 Å². The molecule has 0 unspecified atom stereocenters. The smallest absolute Gasteiger partial charge is 0.273 e. The highest BCUT2D eigenvalue weighted by atomic mass is 32.2. The molecular formula is C36H35N5O6S2. The van der Waals surface area contributed by atoms with Gasteiger partial charge in [0, 0.05) is 36.8 Å². The largest absolute Gasteiger partial charge is 0.493 e. The number of hydrogen-bond acceptors (Lipinski definition) is 9. The van der Waals surface area contributed by atoms with Gasteiger partial charge in [0.05, 0.1) is 35.0 Å². The van der Waals surface area contributed by atoms with Crippen LogP contribution in [-0.4, -0.2) is 61.2 Å². The fraction of sp³-hybridized carbons (Fsp3) is 0.222. The minimum absolute atomic E-state index is 0.0508. The highest BCUT2D eigenvalue weighted by Crippen LogP contribution is 2.33. The molecule has 0 aliphatic carbocycles. The van der Waals surface area contributed by atoms with E-state index in [-0.39, 0.29) is 25.4 Å². The summed E-state index contributed by atoms with van der Waals surface area (Å²) < 4.78 is 41.3. The number of Topliss-reactive ketones (excluding diaryl/α,β-unsaturated/α-hetero) is 1. The van der Waals surface area contributed by atoms with Crippen LogP contribution in [0.15, 0.2) is 88.7 Å². The number of hydrogen-bond donors (Lipinski definition) is 0. The molecular weight excluding hydrogens is 663 g/mol. The third-order valence-electron chi connectivity index (χ3n) is 7.62. The van der Waals surface area contributed by atoms with Crippen LogP contribution < -0.4 is 24.2 Å². The van der Waals surface area contributed by atoms with E-state index in [1.54, 1.807) is 63.0 Å². The number of rotatable bonds is 9. The molecule has 2 heterocycles. The number of thiazole rings is 1. The molecule has 0 amide bonds. The lowest BCUT2D eigenvalue weighted by atomic mass is 9.87. The molecule has 11 nitrogen and oxygen atoms in total. The summed E-state index contributed by atoms with van der Waals surface area (Å²) in [5.41, 5.74) is 1.06. The Labute approximate surface area is 288 Å². The number of nitriles is 1. The summed E-state index contributed by atoms with van der Waals surface area (Å²) in [5, 5.41) is 15.1. The molecule has 0 spiro atoms. The predicted molar refractivity (Wildman–Crippen MR) is 189 cm³/mol. The second-order valence-corrected chi connectivity index (χ2v) is 15.4. The molecule has 0 fully saturated rings. The zero-order valence-electron chi connectivity index (χ0n) is 28.1. The van der Waals surface area contributed by atoms with Gasteiger partial charge in [-0.15, -0.1) is 11.3 Å². The van der Waals surface area contributed by atoms with Gasteiger partial charge in [-0.05, 0) is 54.6 Å². The van der Waals surface area contributed by atoms with Crippen LogP contribution in [0.2, 0.25) is 0 Å². The second kappa shape index (κ2) is 13.7. The SMILES string of the molecule is COc1ccc(-c2nn(-c3ccccc3)cc2C=c2sc(=C(C#N)C(=O)C(C)(C)C)n(-c3cccc(S(=O)(=O)N(C)C)c3)c2=O)cc1OC. The molecule has 252 valence electrons. The van der Waals surface area contributed by atoms with E-state index < -0.39 is 26.8 Å². The van der Waals surface area contributed by atoms with Crippen LogP contribution in [0.25, 0.3) is 34.3 Å². The fourth-order valence-corrected chi connectivity index (χ4v) is 7.04. The van der Waals surface area contributed by atoms with Crippen LogP contribution in [0.1, 0.15) is 26.3 Å². The number of benzene rings is 3. The maximum absolute atomic E-state index is 14.4. The van der Waals surface area contributed by atoms with E-state index in [0.717, 1.165) is 21.3 Å². The van der Waals surface area contributed by atoms with E-state index in [9.17, 15) is 23.3 Å². The minimum Gasteiger partial charge on any atom is -0.493 e. The zero-order valence-corrected chi connectivity index (χ0v) is 29.7. The summed E-state index contributed by atoms with van der Waals surface area (Å²) in [5.74, 6) is 0.561. The molecule has 3 aromatic carbocycles. The van der Waals surface area contributed by atoms with E-state index in [1.807, 2.05) is 42.5 Å². The van der Waals surface area contributed by atoms with Crippen molar-refractivity contribution in [1.82, 2.24) is 18.7 Å². The van der Waals surface area contributed by atoms with Gasteiger partial charge in [0.1, 0.15) is 22.0 Å². The Morgan fingerprint density at radius 3 is 2.24 bits per heavy atom. The monoisotopic (exact) mass is 697 g/mol. The van der Waals surface area contributed by atoms with Crippen molar-refractivity contribution in [3.63, 3.8) is 0 Å². The molecule has 13 heteroatoms. The predicted octanol–water partition coefficient (Wildman–Crippen LogP) is 4.14. The lowest BCUT2D eigenvalue weighted by Gasteiger charge is -2.16. The molecule has 5 aromatic rings. The number of carbonyl (C=O) groups excluding carboxylic acids is 1. The van der Waals surface area contributed by atoms with Gasteiger partial charge in [0.2, 0.25) is 10.0 Å². The molecule has 49 heavy (non-hydrogen) atoms. The van der Waals surface area contributed by atoms with E-state index in [4.69, 9.17) is 14.6 Å². The van der Waals surface area contributed by atoms with Crippen LogP contribution in [0.3, 0.4) is 0 Å². The van der Waals surface area contributed by atoms with Gasteiger partial charge in [-0.2, -0.15) is 10.4 Å². The number of ketones is 1. The van der Waals surface area contributed by atoms with Crippen molar-refractivity contribution in [3.05, 3.63) is 104 Å². The number of ether oxygens (including phenoxy) is 2. The Morgan fingerprint density at radius 2 is 1.63 bits per heavy atom. The average molecular weight is 698 g/mol. The van der Waals surface area contributed by atoms with Gasteiger partial charge in [0.25, 0.3) is 5.56 Å². The summed E-state index contributed by atoms with van der Waals surface area (Å²) in [7, 11) is 2.03. The first-order chi connectivity index (χ1) is 23.2. The van der Waals surface area contributed by atoms with Crippen molar-refractivity contribution in [2.75, 3.05) is 28.3 Å². The number of sulfonamides is 1. The molecule has 2 aromatic heterocycles. The van der Waals surface area contributed by atoms with Crippen LogP contribution in [0, 0.1) is 16.7 Å². The van der Waals surface area contributed by atoms with E-state index in [1.165, 1.54) is 44.0 Å². The topological polar surface area (TPSA) is 137 Å². The molecule has 0 saturated carbocycles. The van der Waals surface area contributed by atoms with Gasteiger partial charge < -0.3 is 9.47 Å². The molecule has 0 N–H and O–H groups in total. The van der Waals surface area contributed by atoms with Crippen molar-refractivity contribution in [2.24, 2.45) is 5.41 Å². The number of aromatic nitrogens is 3. The van der Waals surface area contributed by atoms with Gasteiger partial charge in [-0.25, -0.2) is 17.4 Å². The Bertz CT molecular complexity index is 2390. The van der Waals surface area contributed by atoms with Gasteiger partial charge in [0.15, 0.2) is 17.3 Å².